The van der Waals surface area contributed by atoms with Crippen LogP contribution in [0, 0.1) is 32.1 Å². The summed E-state index contributed by atoms with van der Waals surface area (Å²) in [6.45, 7) is 6.26. The molecular weight excluding hydrogens is 364 g/mol. The third kappa shape index (κ3) is 3.97. The molecule has 0 saturated heterocycles. The zero-order valence-electron chi connectivity index (χ0n) is 16.9. The van der Waals surface area contributed by atoms with Crippen LogP contribution >= 0.6 is 0 Å². The monoisotopic (exact) mass is 386 g/mol. The van der Waals surface area contributed by atoms with Crippen LogP contribution in [0.2, 0.25) is 0 Å². The second-order valence-corrected chi connectivity index (χ2v) is 7.11. The molecule has 0 fully saturated rings. The van der Waals surface area contributed by atoms with Crippen LogP contribution < -0.4 is 5.56 Å². The first-order chi connectivity index (χ1) is 13.8. The lowest BCUT2D eigenvalue weighted by Crippen LogP contribution is -2.28. The average molecular weight is 386 g/mol. The maximum atomic E-state index is 13.2. The van der Waals surface area contributed by atoms with Gasteiger partial charge in [0.15, 0.2) is 0 Å². The van der Waals surface area contributed by atoms with Crippen molar-refractivity contribution in [2.45, 2.75) is 27.3 Å². The van der Waals surface area contributed by atoms with E-state index < -0.39 is 11.5 Å². The largest absolute Gasteiger partial charge is 0.465 e. The van der Waals surface area contributed by atoms with Crippen molar-refractivity contribution in [1.82, 2.24) is 4.57 Å². The van der Waals surface area contributed by atoms with E-state index in [1.807, 2.05) is 63.2 Å². The zero-order valence-corrected chi connectivity index (χ0v) is 16.9. The van der Waals surface area contributed by atoms with Gasteiger partial charge in [-0.3, -0.25) is 4.79 Å². The van der Waals surface area contributed by atoms with Gasteiger partial charge in [0.05, 0.1) is 24.9 Å². The number of aromatic nitrogens is 1. The predicted octanol–water partition coefficient (Wildman–Crippen LogP) is 4.15. The third-order valence-corrected chi connectivity index (χ3v) is 4.96. The van der Waals surface area contributed by atoms with Gasteiger partial charge in [0.2, 0.25) is 0 Å². The van der Waals surface area contributed by atoms with Crippen LogP contribution in [0.3, 0.4) is 0 Å². The minimum atomic E-state index is -0.703. The van der Waals surface area contributed by atoms with Crippen molar-refractivity contribution in [3.05, 3.63) is 92.3 Å². The van der Waals surface area contributed by atoms with Gasteiger partial charge in [-0.2, -0.15) is 5.26 Å². The van der Waals surface area contributed by atoms with E-state index in [0.29, 0.717) is 12.2 Å². The van der Waals surface area contributed by atoms with E-state index >= 15 is 0 Å². The molecule has 3 rings (SSSR count). The number of hydrogen-bond donors (Lipinski definition) is 0. The van der Waals surface area contributed by atoms with Gasteiger partial charge in [-0.05, 0) is 49.6 Å². The van der Waals surface area contributed by atoms with Gasteiger partial charge in [-0.15, -0.1) is 0 Å². The Bertz CT molecular complexity index is 1200. The van der Waals surface area contributed by atoms with E-state index in [-0.39, 0.29) is 11.1 Å². The fourth-order valence-electron chi connectivity index (χ4n) is 3.42. The summed E-state index contributed by atoms with van der Waals surface area (Å²) in [7, 11) is 1.23. The van der Waals surface area contributed by atoms with Crippen molar-refractivity contribution in [1.29, 1.82) is 5.26 Å². The number of carbonyl (C=O) groups is 1. The molecule has 0 N–H and O–H groups in total. The van der Waals surface area contributed by atoms with E-state index in [1.54, 1.807) is 10.6 Å². The van der Waals surface area contributed by atoms with Crippen molar-refractivity contribution in [3.8, 4) is 17.3 Å². The van der Waals surface area contributed by atoms with Crippen LogP contribution in [-0.4, -0.2) is 17.6 Å². The quantitative estimate of drug-likeness (QED) is 0.632. The van der Waals surface area contributed by atoms with Crippen LogP contribution in [0.15, 0.2) is 53.3 Å². The first-order valence-electron chi connectivity index (χ1n) is 9.25. The van der Waals surface area contributed by atoms with Gasteiger partial charge in [-0.25, -0.2) is 4.79 Å². The summed E-state index contributed by atoms with van der Waals surface area (Å²) in [6, 6.07) is 17.2. The van der Waals surface area contributed by atoms with Crippen LogP contribution in [0.4, 0.5) is 0 Å². The minimum absolute atomic E-state index is 0.0200. The Balaban J connectivity index is 2.31. The van der Waals surface area contributed by atoms with Crippen molar-refractivity contribution in [2.75, 3.05) is 7.11 Å². The summed E-state index contributed by atoms with van der Waals surface area (Å²) in [4.78, 5) is 25.5. The Morgan fingerprint density at radius 3 is 2.41 bits per heavy atom. The third-order valence-electron chi connectivity index (χ3n) is 4.96. The molecule has 29 heavy (non-hydrogen) atoms. The molecule has 0 amide bonds. The number of pyridine rings is 1. The van der Waals surface area contributed by atoms with E-state index in [2.05, 4.69) is 6.07 Å². The summed E-state index contributed by atoms with van der Waals surface area (Å²) in [6.07, 6.45) is 0. The number of hydrogen-bond acceptors (Lipinski definition) is 4. The average Bonchev–Trinajstić information content (AvgIpc) is 2.70. The number of rotatable bonds is 4. The molecule has 0 saturated carbocycles. The number of esters is 1. The molecule has 5 nitrogen and oxygen atoms in total. The van der Waals surface area contributed by atoms with Crippen molar-refractivity contribution in [3.63, 3.8) is 0 Å². The van der Waals surface area contributed by atoms with E-state index in [0.717, 1.165) is 27.8 Å². The molecular formula is C24H22N2O3. The molecule has 0 spiro atoms. The Labute approximate surface area is 169 Å². The molecule has 0 aliphatic heterocycles. The number of nitrogens with zero attached hydrogens (tertiary/aromatic N) is 2. The van der Waals surface area contributed by atoms with Gasteiger partial charge in [0.1, 0.15) is 11.6 Å². The molecule has 0 radical (unpaired) electrons. The number of methoxy groups -OCH3 is 1. The van der Waals surface area contributed by atoms with Crippen LogP contribution in [0.25, 0.3) is 11.3 Å². The smallest absolute Gasteiger partial charge is 0.339 e. The second kappa shape index (κ2) is 8.15. The number of aryl methyl sites for hydroxylation is 3. The summed E-state index contributed by atoms with van der Waals surface area (Å²) < 4.78 is 6.35. The lowest BCUT2D eigenvalue weighted by molar-refractivity contribution is 0.0600. The molecule has 0 bridgehead atoms. The Hall–Kier alpha value is -3.65. The number of ether oxygens (including phenoxy) is 1. The molecule has 0 unspecified atom stereocenters. The summed E-state index contributed by atoms with van der Waals surface area (Å²) in [5, 5.41) is 9.56. The second-order valence-electron chi connectivity index (χ2n) is 7.11. The topological polar surface area (TPSA) is 72.1 Å². The molecule has 1 heterocycles. The Morgan fingerprint density at radius 1 is 1.07 bits per heavy atom. The van der Waals surface area contributed by atoms with E-state index in [9.17, 15) is 14.9 Å². The molecule has 146 valence electrons. The van der Waals surface area contributed by atoms with E-state index in [4.69, 9.17) is 4.74 Å². The van der Waals surface area contributed by atoms with Gasteiger partial charge in [0.25, 0.3) is 5.56 Å². The van der Waals surface area contributed by atoms with Crippen molar-refractivity contribution in [2.24, 2.45) is 0 Å². The molecule has 2 aromatic carbocycles. The maximum absolute atomic E-state index is 13.2. The van der Waals surface area contributed by atoms with Crippen molar-refractivity contribution < 1.29 is 9.53 Å². The number of nitriles is 1. The highest BCUT2D eigenvalue weighted by molar-refractivity contribution is 5.93. The SMILES string of the molecule is COC(=O)c1cc(-c2cccc(C)c2)n(Cc2ccc(C)cc2C)c(=O)c1C#N. The standard InChI is InChI=1S/C24H22N2O3/c1-15-6-5-7-18(11-15)22-12-20(24(28)29-4)21(13-25)23(27)26(22)14-19-9-8-16(2)10-17(19)3/h5-12H,14H2,1-4H3. The summed E-state index contributed by atoms with van der Waals surface area (Å²) >= 11 is 0. The molecule has 0 aliphatic carbocycles. The Morgan fingerprint density at radius 2 is 1.79 bits per heavy atom. The highest BCUT2D eigenvalue weighted by atomic mass is 16.5. The van der Waals surface area contributed by atoms with E-state index in [1.165, 1.54) is 7.11 Å². The number of carbonyl (C=O) groups excluding carboxylic acids is 1. The molecule has 5 heteroatoms. The zero-order chi connectivity index (χ0) is 21.1. The first kappa shape index (κ1) is 20.1. The van der Waals surface area contributed by atoms with Crippen LogP contribution in [0.1, 0.15) is 38.2 Å². The van der Waals surface area contributed by atoms with Gasteiger partial charge in [-0.1, -0.05) is 47.5 Å². The van der Waals surface area contributed by atoms with Gasteiger partial charge >= 0.3 is 5.97 Å². The molecule has 1 aromatic heterocycles. The molecule has 0 aliphatic rings. The lowest BCUT2D eigenvalue weighted by Gasteiger charge is -2.17. The fraction of sp³-hybridized carbons (Fsp3) is 0.208. The highest BCUT2D eigenvalue weighted by Crippen LogP contribution is 2.24. The minimum Gasteiger partial charge on any atom is -0.465 e. The van der Waals surface area contributed by atoms with Crippen LogP contribution in [-0.2, 0) is 11.3 Å². The summed E-state index contributed by atoms with van der Waals surface area (Å²) in [5.41, 5.74) is 4.81. The maximum Gasteiger partial charge on any atom is 0.339 e. The van der Waals surface area contributed by atoms with Crippen LogP contribution in [0.5, 0.6) is 0 Å². The van der Waals surface area contributed by atoms with Gasteiger partial charge < -0.3 is 9.30 Å². The first-order valence-corrected chi connectivity index (χ1v) is 9.25. The normalized spacial score (nSPS) is 10.4. The number of benzene rings is 2. The molecule has 3 aromatic rings. The fourth-order valence-corrected chi connectivity index (χ4v) is 3.42. The Kier molecular flexibility index (Phi) is 5.65. The summed E-state index contributed by atoms with van der Waals surface area (Å²) in [5.74, 6) is -0.703. The highest BCUT2D eigenvalue weighted by Gasteiger charge is 2.21. The van der Waals surface area contributed by atoms with Gasteiger partial charge in [0, 0.05) is 0 Å². The predicted molar refractivity (Wildman–Crippen MR) is 112 cm³/mol. The van der Waals surface area contributed by atoms with Crippen molar-refractivity contribution >= 4 is 5.97 Å². The molecule has 0 atom stereocenters. The lowest BCUT2D eigenvalue weighted by atomic mass is 10.0.